The Hall–Kier alpha value is -1.56. The summed E-state index contributed by atoms with van der Waals surface area (Å²) in [6, 6.07) is 12.2. The van der Waals surface area contributed by atoms with Crippen LogP contribution in [0, 0.1) is 13.8 Å². The average molecular weight is 340 g/mol. The van der Waals surface area contributed by atoms with Crippen LogP contribution in [0.3, 0.4) is 0 Å². The molecule has 0 amide bonds. The Kier molecular flexibility index (Phi) is 5.45. The van der Waals surface area contributed by atoms with Crippen LogP contribution in [0.2, 0.25) is 5.02 Å². The average Bonchev–Trinajstić information content (AvgIpc) is 2.48. The predicted octanol–water partition coefficient (Wildman–Crippen LogP) is 3.31. The Bertz CT molecular complexity index is 742. The molecule has 0 saturated carbocycles. The van der Waals surface area contributed by atoms with E-state index in [0.717, 1.165) is 11.1 Å². The molecule has 0 spiro atoms. The Morgan fingerprint density at radius 1 is 1.09 bits per heavy atom. The molecule has 2 aromatic rings. The van der Waals surface area contributed by atoms with Crippen LogP contribution < -0.4 is 9.46 Å². The van der Waals surface area contributed by atoms with Gasteiger partial charge in [0.2, 0.25) is 10.0 Å². The lowest BCUT2D eigenvalue weighted by Gasteiger charge is -2.09. The number of ether oxygens (including phenoxy) is 1. The van der Waals surface area contributed by atoms with Gasteiger partial charge in [0.05, 0.1) is 4.90 Å². The zero-order valence-corrected chi connectivity index (χ0v) is 14.0. The largest absolute Gasteiger partial charge is 0.492 e. The summed E-state index contributed by atoms with van der Waals surface area (Å²) in [5.41, 5.74) is 1.87. The second-order valence-electron chi connectivity index (χ2n) is 4.97. The minimum atomic E-state index is -3.55. The van der Waals surface area contributed by atoms with Crippen LogP contribution >= 0.6 is 11.6 Å². The van der Waals surface area contributed by atoms with Gasteiger partial charge in [-0.1, -0.05) is 29.3 Å². The number of hydrogen-bond donors (Lipinski definition) is 1. The van der Waals surface area contributed by atoms with Gasteiger partial charge in [0.15, 0.2) is 0 Å². The van der Waals surface area contributed by atoms with E-state index in [1.165, 1.54) is 6.07 Å². The van der Waals surface area contributed by atoms with Crippen molar-refractivity contribution in [1.29, 1.82) is 0 Å². The van der Waals surface area contributed by atoms with E-state index >= 15 is 0 Å². The van der Waals surface area contributed by atoms with Crippen LogP contribution in [-0.4, -0.2) is 21.6 Å². The molecule has 0 saturated heterocycles. The van der Waals surface area contributed by atoms with Crippen molar-refractivity contribution in [2.45, 2.75) is 18.7 Å². The minimum Gasteiger partial charge on any atom is -0.492 e. The molecule has 0 aromatic heterocycles. The Labute approximate surface area is 136 Å². The molecular weight excluding hydrogens is 322 g/mol. The van der Waals surface area contributed by atoms with Crippen LogP contribution in [0.25, 0.3) is 0 Å². The number of rotatable bonds is 6. The maximum atomic E-state index is 12.1. The maximum absolute atomic E-state index is 12.1. The van der Waals surface area contributed by atoms with E-state index in [1.54, 1.807) is 19.1 Å². The molecule has 6 heteroatoms. The summed E-state index contributed by atoms with van der Waals surface area (Å²) < 4.78 is 32.3. The van der Waals surface area contributed by atoms with Crippen molar-refractivity contribution in [1.82, 2.24) is 4.72 Å². The first-order valence-electron chi connectivity index (χ1n) is 6.84. The first-order valence-corrected chi connectivity index (χ1v) is 8.70. The molecule has 22 heavy (non-hydrogen) atoms. The van der Waals surface area contributed by atoms with E-state index in [0.29, 0.717) is 10.8 Å². The maximum Gasteiger partial charge on any atom is 0.240 e. The fraction of sp³-hybridized carbons (Fsp3) is 0.250. The second-order valence-corrected chi connectivity index (χ2v) is 7.14. The van der Waals surface area contributed by atoms with Crippen LogP contribution in [0.4, 0.5) is 0 Å². The molecule has 0 unspecified atom stereocenters. The monoisotopic (exact) mass is 339 g/mol. The van der Waals surface area contributed by atoms with Crippen molar-refractivity contribution in [3.63, 3.8) is 0 Å². The Morgan fingerprint density at radius 3 is 2.41 bits per heavy atom. The molecule has 0 aliphatic heterocycles. The molecule has 0 fully saturated rings. The summed E-state index contributed by atoms with van der Waals surface area (Å²) in [6.07, 6.45) is 0. The van der Waals surface area contributed by atoms with Gasteiger partial charge >= 0.3 is 0 Å². The molecule has 2 rings (SSSR count). The normalized spacial score (nSPS) is 11.4. The molecule has 2 aromatic carbocycles. The molecule has 118 valence electrons. The van der Waals surface area contributed by atoms with Gasteiger partial charge in [-0.2, -0.15) is 0 Å². The lowest BCUT2D eigenvalue weighted by Crippen LogP contribution is -2.28. The molecule has 0 bridgehead atoms. The van der Waals surface area contributed by atoms with Crippen molar-refractivity contribution in [2.24, 2.45) is 0 Å². The smallest absolute Gasteiger partial charge is 0.240 e. The summed E-state index contributed by atoms with van der Waals surface area (Å²) in [5, 5.41) is 0.543. The molecule has 0 aliphatic carbocycles. The standard InChI is InChI=1S/C16H18ClNO3S/c1-12-3-5-14(6-4-12)21-10-9-18-22(19,20)15-7-8-16(17)13(2)11-15/h3-8,11,18H,9-10H2,1-2H3. The van der Waals surface area contributed by atoms with Gasteiger partial charge in [0.25, 0.3) is 0 Å². The Balaban J connectivity index is 1.89. The third-order valence-corrected chi connectivity index (χ3v) is 5.01. The zero-order valence-electron chi connectivity index (χ0n) is 12.5. The van der Waals surface area contributed by atoms with E-state index in [-0.39, 0.29) is 18.0 Å². The van der Waals surface area contributed by atoms with E-state index in [2.05, 4.69) is 4.72 Å². The van der Waals surface area contributed by atoms with E-state index < -0.39 is 10.0 Å². The van der Waals surface area contributed by atoms with Crippen molar-refractivity contribution in [2.75, 3.05) is 13.2 Å². The first kappa shape index (κ1) is 16.8. The van der Waals surface area contributed by atoms with Gasteiger partial charge in [-0.05, 0) is 49.7 Å². The quantitative estimate of drug-likeness (QED) is 0.821. The van der Waals surface area contributed by atoms with Gasteiger partial charge in [0.1, 0.15) is 12.4 Å². The van der Waals surface area contributed by atoms with E-state index in [4.69, 9.17) is 16.3 Å². The number of halogens is 1. The molecular formula is C16H18ClNO3S. The third-order valence-electron chi connectivity index (χ3n) is 3.12. The predicted molar refractivity (Wildman–Crippen MR) is 88.1 cm³/mol. The van der Waals surface area contributed by atoms with Crippen molar-refractivity contribution >= 4 is 21.6 Å². The van der Waals surface area contributed by atoms with Crippen LogP contribution in [0.15, 0.2) is 47.4 Å². The topological polar surface area (TPSA) is 55.4 Å². The van der Waals surface area contributed by atoms with Crippen LogP contribution in [-0.2, 0) is 10.0 Å². The number of aryl methyl sites for hydroxylation is 2. The van der Waals surface area contributed by atoms with Gasteiger partial charge < -0.3 is 4.74 Å². The zero-order chi connectivity index (χ0) is 16.2. The number of hydrogen-bond acceptors (Lipinski definition) is 3. The molecule has 0 atom stereocenters. The minimum absolute atomic E-state index is 0.192. The second kappa shape index (κ2) is 7.13. The highest BCUT2D eigenvalue weighted by atomic mass is 35.5. The van der Waals surface area contributed by atoms with E-state index in [1.807, 2.05) is 31.2 Å². The fourth-order valence-corrected chi connectivity index (χ4v) is 3.06. The number of benzene rings is 2. The lowest BCUT2D eigenvalue weighted by atomic mass is 10.2. The summed E-state index contributed by atoms with van der Waals surface area (Å²) in [4.78, 5) is 0.199. The van der Waals surface area contributed by atoms with Crippen molar-refractivity contribution in [3.8, 4) is 5.75 Å². The highest BCUT2D eigenvalue weighted by Gasteiger charge is 2.14. The highest BCUT2D eigenvalue weighted by Crippen LogP contribution is 2.19. The SMILES string of the molecule is Cc1ccc(OCCNS(=O)(=O)c2ccc(Cl)c(C)c2)cc1. The van der Waals surface area contributed by atoms with Gasteiger partial charge in [-0.25, -0.2) is 13.1 Å². The molecule has 1 N–H and O–H groups in total. The summed E-state index contributed by atoms with van der Waals surface area (Å²) in [5.74, 6) is 0.715. The molecule has 0 aliphatic rings. The number of nitrogens with one attached hydrogen (secondary N) is 1. The molecule has 4 nitrogen and oxygen atoms in total. The van der Waals surface area contributed by atoms with Crippen LogP contribution in [0.1, 0.15) is 11.1 Å². The first-order chi connectivity index (χ1) is 10.4. The summed E-state index contributed by atoms with van der Waals surface area (Å²) >= 11 is 5.90. The fourth-order valence-electron chi connectivity index (χ4n) is 1.85. The van der Waals surface area contributed by atoms with Crippen molar-refractivity contribution in [3.05, 3.63) is 58.6 Å². The lowest BCUT2D eigenvalue weighted by molar-refractivity contribution is 0.323. The highest BCUT2D eigenvalue weighted by molar-refractivity contribution is 7.89. The number of sulfonamides is 1. The van der Waals surface area contributed by atoms with Gasteiger partial charge in [0, 0.05) is 11.6 Å². The molecule has 0 heterocycles. The van der Waals surface area contributed by atoms with Gasteiger partial charge in [-0.15, -0.1) is 0 Å². The van der Waals surface area contributed by atoms with E-state index in [9.17, 15) is 8.42 Å². The summed E-state index contributed by atoms with van der Waals surface area (Å²) in [6.45, 7) is 4.21. The summed E-state index contributed by atoms with van der Waals surface area (Å²) in [7, 11) is -3.55. The third kappa shape index (κ3) is 4.47. The van der Waals surface area contributed by atoms with Gasteiger partial charge in [-0.3, -0.25) is 0 Å². The molecule has 0 radical (unpaired) electrons. The van der Waals surface area contributed by atoms with Crippen molar-refractivity contribution < 1.29 is 13.2 Å². The van der Waals surface area contributed by atoms with Crippen LogP contribution in [0.5, 0.6) is 5.75 Å². The Morgan fingerprint density at radius 2 is 1.77 bits per heavy atom.